The summed E-state index contributed by atoms with van der Waals surface area (Å²) >= 11 is 0. The molecule has 6 nitrogen and oxygen atoms in total. The van der Waals surface area contributed by atoms with Crippen LogP contribution in [-0.4, -0.2) is 38.5 Å². The van der Waals surface area contributed by atoms with Crippen molar-refractivity contribution in [2.24, 2.45) is 0 Å². The number of aromatic nitrogens is 2. The summed E-state index contributed by atoms with van der Waals surface area (Å²) in [6, 6.07) is 19.6. The lowest BCUT2D eigenvalue weighted by molar-refractivity contribution is 0.0941. The van der Waals surface area contributed by atoms with E-state index in [0.29, 0.717) is 13.1 Å². The Bertz CT molecular complexity index is 969. The number of carbonyl (C=O) groups is 1. The molecule has 1 N–H and O–H groups in total. The number of amides is 1. The molecule has 1 amide bonds. The van der Waals surface area contributed by atoms with Crippen molar-refractivity contribution in [3.8, 4) is 0 Å². The van der Waals surface area contributed by atoms with E-state index in [1.54, 1.807) is 18.5 Å². The van der Waals surface area contributed by atoms with Crippen LogP contribution in [0.25, 0.3) is 0 Å². The molecule has 148 valence electrons. The number of aliphatic hydroxyl groups is 1. The van der Waals surface area contributed by atoms with Crippen LogP contribution in [0.15, 0.2) is 85.3 Å². The van der Waals surface area contributed by atoms with E-state index in [4.69, 9.17) is 4.74 Å². The summed E-state index contributed by atoms with van der Waals surface area (Å²) in [7, 11) is 0. The van der Waals surface area contributed by atoms with Gasteiger partial charge in [-0.05, 0) is 22.8 Å². The van der Waals surface area contributed by atoms with E-state index in [1.807, 2.05) is 71.5 Å². The predicted octanol–water partition coefficient (Wildman–Crippen LogP) is 3.54. The van der Waals surface area contributed by atoms with Crippen molar-refractivity contribution >= 4 is 6.09 Å². The molecule has 1 aliphatic rings. The topological polar surface area (TPSA) is 67.6 Å². The average molecular weight is 389 g/mol. The van der Waals surface area contributed by atoms with Crippen molar-refractivity contribution in [2.45, 2.75) is 25.2 Å². The van der Waals surface area contributed by atoms with Crippen LogP contribution in [0.4, 0.5) is 4.79 Å². The van der Waals surface area contributed by atoms with E-state index in [0.717, 1.165) is 16.7 Å². The molecule has 0 spiro atoms. The molecule has 2 atom stereocenters. The van der Waals surface area contributed by atoms with Crippen molar-refractivity contribution in [2.75, 3.05) is 6.54 Å². The normalized spacial score (nSPS) is 18.6. The predicted molar refractivity (Wildman–Crippen MR) is 109 cm³/mol. The molecule has 1 aromatic heterocycles. The lowest BCUT2D eigenvalue weighted by atomic mass is 9.93. The number of benzene rings is 2. The van der Waals surface area contributed by atoms with Gasteiger partial charge in [-0.25, -0.2) is 4.79 Å². The minimum atomic E-state index is -0.678. The Hall–Kier alpha value is -3.38. The molecule has 6 heteroatoms. The molecular formula is C23H23N3O3. The maximum absolute atomic E-state index is 12.5. The first kappa shape index (κ1) is 19.0. The van der Waals surface area contributed by atoms with Crippen molar-refractivity contribution in [1.82, 2.24) is 14.7 Å². The third-order valence-corrected chi connectivity index (χ3v) is 4.98. The minimum Gasteiger partial charge on any atom is -0.444 e. The molecule has 2 heterocycles. The van der Waals surface area contributed by atoms with Gasteiger partial charge in [0, 0.05) is 24.9 Å². The summed E-state index contributed by atoms with van der Waals surface area (Å²) in [5.74, 6) is -0.256. The van der Waals surface area contributed by atoms with Crippen LogP contribution in [0, 0.1) is 0 Å². The van der Waals surface area contributed by atoms with E-state index >= 15 is 0 Å². The van der Waals surface area contributed by atoms with Gasteiger partial charge >= 0.3 is 6.09 Å². The van der Waals surface area contributed by atoms with E-state index in [-0.39, 0.29) is 12.5 Å². The number of ether oxygens (including phenoxy) is 1. The Morgan fingerprint density at radius 3 is 2.48 bits per heavy atom. The van der Waals surface area contributed by atoms with Gasteiger partial charge in [0.25, 0.3) is 0 Å². The molecule has 2 unspecified atom stereocenters. The van der Waals surface area contributed by atoms with Crippen LogP contribution in [0.3, 0.4) is 0 Å². The van der Waals surface area contributed by atoms with Crippen LogP contribution >= 0.6 is 0 Å². The molecule has 3 aromatic rings. The summed E-state index contributed by atoms with van der Waals surface area (Å²) in [4.78, 5) is 13.9. The minimum absolute atomic E-state index is 0.215. The van der Waals surface area contributed by atoms with E-state index in [1.165, 1.54) is 4.90 Å². The maximum Gasteiger partial charge on any atom is 0.414 e. The second-order valence-corrected chi connectivity index (χ2v) is 7.09. The third-order valence-electron chi connectivity index (χ3n) is 4.98. The highest BCUT2D eigenvalue weighted by molar-refractivity contribution is 5.69. The average Bonchev–Trinajstić information content (AvgIpc) is 3.22. The molecule has 0 aliphatic carbocycles. The fourth-order valence-corrected chi connectivity index (χ4v) is 3.38. The maximum atomic E-state index is 12.5. The first-order chi connectivity index (χ1) is 14.2. The Morgan fingerprint density at radius 1 is 1.07 bits per heavy atom. The van der Waals surface area contributed by atoms with Crippen molar-refractivity contribution in [1.29, 1.82) is 0 Å². The quantitative estimate of drug-likeness (QED) is 0.725. The van der Waals surface area contributed by atoms with Crippen LogP contribution in [0.5, 0.6) is 0 Å². The van der Waals surface area contributed by atoms with E-state index in [9.17, 15) is 9.90 Å². The van der Waals surface area contributed by atoms with Gasteiger partial charge in [-0.15, -0.1) is 0 Å². The van der Waals surface area contributed by atoms with Crippen LogP contribution in [-0.2, 0) is 17.9 Å². The zero-order valence-electron chi connectivity index (χ0n) is 16.0. The first-order valence-electron chi connectivity index (χ1n) is 9.59. The molecule has 0 radical (unpaired) electrons. The summed E-state index contributed by atoms with van der Waals surface area (Å²) in [6.45, 7) is 1.21. The summed E-state index contributed by atoms with van der Waals surface area (Å²) in [6.07, 6.45) is 5.77. The zero-order chi connectivity index (χ0) is 20.1. The number of aliphatic hydroxyl groups excluding tert-OH is 1. The molecule has 29 heavy (non-hydrogen) atoms. The zero-order valence-corrected chi connectivity index (χ0v) is 16.0. The summed E-state index contributed by atoms with van der Waals surface area (Å²) in [5, 5.41) is 14.8. The van der Waals surface area contributed by atoms with E-state index < -0.39 is 12.2 Å². The van der Waals surface area contributed by atoms with Gasteiger partial charge in [-0.1, -0.05) is 60.7 Å². The smallest absolute Gasteiger partial charge is 0.414 e. The van der Waals surface area contributed by atoms with Crippen LogP contribution in [0.2, 0.25) is 0 Å². The number of carbonyl (C=O) groups excluding carboxylic acids is 1. The number of nitrogens with zero attached hydrogens (tertiary/aromatic N) is 3. The highest BCUT2D eigenvalue weighted by Crippen LogP contribution is 2.26. The molecule has 0 fully saturated rings. The molecule has 0 saturated heterocycles. The standard InChI is InChI=1S/C23H23N3O3/c27-22-11-12-25(23(28)29-17-19-9-5-2-6-10-19)16-21(22)20-13-24-26(15-20)14-18-7-3-1-4-8-18/h1-13,15,21-22,27H,14,16-17H2. The second kappa shape index (κ2) is 8.75. The third kappa shape index (κ3) is 4.73. The second-order valence-electron chi connectivity index (χ2n) is 7.09. The molecular weight excluding hydrogens is 366 g/mol. The summed E-state index contributed by atoms with van der Waals surface area (Å²) in [5.41, 5.74) is 2.97. The number of rotatable bonds is 5. The molecule has 2 aromatic carbocycles. The van der Waals surface area contributed by atoms with Crippen molar-refractivity contribution in [3.63, 3.8) is 0 Å². The lowest BCUT2D eigenvalue weighted by Crippen LogP contribution is -2.38. The fraction of sp³-hybridized carbons (Fsp3) is 0.217. The SMILES string of the molecule is O=C(OCc1ccccc1)N1C=CC(O)C(c2cnn(Cc3ccccc3)c2)C1. The van der Waals surface area contributed by atoms with Gasteiger partial charge in [0.05, 0.1) is 18.8 Å². The van der Waals surface area contributed by atoms with Gasteiger partial charge in [0.1, 0.15) is 6.61 Å². The largest absolute Gasteiger partial charge is 0.444 e. The van der Waals surface area contributed by atoms with Crippen molar-refractivity contribution < 1.29 is 14.6 Å². The Labute approximate surface area is 169 Å². The highest BCUT2D eigenvalue weighted by Gasteiger charge is 2.29. The van der Waals surface area contributed by atoms with Gasteiger partial charge < -0.3 is 9.84 Å². The Morgan fingerprint density at radius 2 is 1.76 bits per heavy atom. The fourth-order valence-electron chi connectivity index (χ4n) is 3.38. The van der Waals surface area contributed by atoms with Gasteiger partial charge in [0.15, 0.2) is 0 Å². The highest BCUT2D eigenvalue weighted by atomic mass is 16.6. The molecule has 1 aliphatic heterocycles. The van der Waals surface area contributed by atoms with Gasteiger partial charge in [-0.3, -0.25) is 9.58 Å². The molecule has 4 rings (SSSR count). The van der Waals surface area contributed by atoms with Crippen LogP contribution < -0.4 is 0 Å². The van der Waals surface area contributed by atoms with Crippen molar-refractivity contribution in [3.05, 3.63) is 102 Å². The lowest BCUT2D eigenvalue weighted by Gasteiger charge is -2.30. The van der Waals surface area contributed by atoms with E-state index in [2.05, 4.69) is 5.10 Å². The summed E-state index contributed by atoms with van der Waals surface area (Å²) < 4.78 is 7.25. The van der Waals surface area contributed by atoms with Gasteiger partial charge in [0.2, 0.25) is 0 Å². The molecule has 0 bridgehead atoms. The molecule has 0 saturated carbocycles. The number of hydrogen-bond acceptors (Lipinski definition) is 4. The van der Waals surface area contributed by atoms with Gasteiger partial charge in [-0.2, -0.15) is 5.10 Å². The Kier molecular flexibility index (Phi) is 5.72. The van der Waals surface area contributed by atoms with Crippen LogP contribution in [0.1, 0.15) is 22.6 Å². The number of hydrogen-bond donors (Lipinski definition) is 1. The monoisotopic (exact) mass is 389 g/mol. The first-order valence-corrected chi connectivity index (χ1v) is 9.59. The Balaban J connectivity index is 1.39.